The molecule has 0 bridgehead atoms. The molecule has 0 saturated heterocycles. The molecule has 3 aromatic rings. The molecule has 1 N–H and O–H groups in total. The fourth-order valence-corrected chi connectivity index (χ4v) is 4.88. The number of phenolic OH excluding ortho intramolecular Hbond substituents is 1. The number of hydrogen-bond donors (Lipinski definition) is 1. The highest BCUT2D eigenvalue weighted by Gasteiger charge is 2.33. The number of fused-ring (bicyclic) bond motifs is 1. The van der Waals surface area contributed by atoms with Gasteiger partial charge < -0.3 is 14.6 Å². The molecule has 1 atom stereocenters. The van der Waals surface area contributed by atoms with Gasteiger partial charge in [-0.25, -0.2) is 9.79 Å². The van der Waals surface area contributed by atoms with Gasteiger partial charge in [-0.3, -0.25) is 9.36 Å². The van der Waals surface area contributed by atoms with Gasteiger partial charge in [0.2, 0.25) is 0 Å². The van der Waals surface area contributed by atoms with Gasteiger partial charge in [0, 0.05) is 0 Å². The van der Waals surface area contributed by atoms with Gasteiger partial charge in [0.15, 0.2) is 4.80 Å². The van der Waals surface area contributed by atoms with Crippen molar-refractivity contribution in [3.05, 3.63) is 90.6 Å². The number of thiazole rings is 1. The van der Waals surface area contributed by atoms with E-state index in [-0.39, 0.29) is 24.0 Å². The zero-order valence-corrected chi connectivity index (χ0v) is 20.3. The molecule has 2 heterocycles. The van der Waals surface area contributed by atoms with Crippen LogP contribution in [0.5, 0.6) is 11.5 Å². The standard InChI is InChI=1S/C26H26N2O5S/c1-5-32-25(31)22-16(4)27-26-28(23(22)18-8-12-20(13-9-18)33-15(2)3)24(30)21(34-26)14-17-6-10-19(29)11-7-17/h6-15,23,29H,5H2,1-4H3/b21-14-. The third kappa shape index (κ3) is 4.68. The molecule has 0 saturated carbocycles. The maximum atomic E-state index is 13.5. The highest BCUT2D eigenvalue weighted by Crippen LogP contribution is 2.31. The van der Waals surface area contributed by atoms with Crippen molar-refractivity contribution in [3.8, 4) is 11.5 Å². The van der Waals surface area contributed by atoms with E-state index in [2.05, 4.69) is 4.99 Å². The van der Waals surface area contributed by atoms with E-state index >= 15 is 0 Å². The topological polar surface area (TPSA) is 90.1 Å². The number of aromatic nitrogens is 1. The maximum Gasteiger partial charge on any atom is 0.338 e. The van der Waals surface area contributed by atoms with Crippen molar-refractivity contribution in [1.82, 2.24) is 4.57 Å². The lowest BCUT2D eigenvalue weighted by Gasteiger charge is -2.25. The molecule has 4 rings (SSSR count). The Labute approximate surface area is 200 Å². The van der Waals surface area contributed by atoms with E-state index in [1.165, 1.54) is 11.3 Å². The average molecular weight is 479 g/mol. The molecule has 1 aliphatic rings. The Morgan fingerprint density at radius 2 is 1.85 bits per heavy atom. The van der Waals surface area contributed by atoms with Crippen LogP contribution in [-0.4, -0.2) is 28.4 Å². The fourth-order valence-electron chi connectivity index (χ4n) is 3.83. The molecule has 0 amide bonds. The lowest BCUT2D eigenvalue weighted by Crippen LogP contribution is -2.39. The van der Waals surface area contributed by atoms with Crippen molar-refractivity contribution >= 4 is 23.4 Å². The number of nitrogens with zero attached hydrogens (tertiary/aromatic N) is 2. The first-order valence-electron chi connectivity index (χ1n) is 11.0. The number of phenols is 1. The number of hydrogen-bond acceptors (Lipinski definition) is 7. The normalized spacial score (nSPS) is 15.8. The first kappa shape index (κ1) is 23.5. The largest absolute Gasteiger partial charge is 0.508 e. The Bertz CT molecular complexity index is 1410. The number of esters is 1. The number of benzene rings is 2. The van der Waals surface area contributed by atoms with E-state index in [1.54, 1.807) is 48.8 Å². The smallest absolute Gasteiger partial charge is 0.338 e. The number of carbonyl (C=O) groups is 1. The number of allylic oxidation sites excluding steroid dienone is 1. The summed E-state index contributed by atoms with van der Waals surface area (Å²) in [6.07, 6.45) is 1.78. The van der Waals surface area contributed by atoms with E-state index in [1.807, 2.05) is 38.1 Å². The Morgan fingerprint density at radius 1 is 1.18 bits per heavy atom. The summed E-state index contributed by atoms with van der Waals surface area (Å²) in [6, 6.07) is 13.3. The van der Waals surface area contributed by atoms with E-state index in [0.29, 0.717) is 26.4 Å². The second kappa shape index (κ2) is 9.69. The molecule has 176 valence electrons. The first-order chi connectivity index (χ1) is 16.3. The summed E-state index contributed by atoms with van der Waals surface area (Å²) in [6.45, 7) is 7.62. The highest BCUT2D eigenvalue weighted by atomic mass is 32.1. The summed E-state index contributed by atoms with van der Waals surface area (Å²) in [4.78, 5) is 31.6. The molecular formula is C26H26N2O5S. The van der Waals surface area contributed by atoms with E-state index in [0.717, 1.165) is 11.1 Å². The minimum absolute atomic E-state index is 0.0284. The van der Waals surface area contributed by atoms with Crippen LogP contribution in [0.4, 0.5) is 0 Å². The zero-order valence-electron chi connectivity index (χ0n) is 19.4. The molecule has 7 nitrogen and oxygen atoms in total. The lowest BCUT2D eigenvalue weighted by atomic mass is 9.96. The molecule has 0 radical (unpaired) electrons. The van der Waals surface area contributed by atoms with Crippen molar-refractivity contribution in [2.45, 2.75) is 39.8 Å². The summed E-state index contributed by atoms with van der Waals surface area (Å²) in [5.74, 6) is 0.360. The maximum absolute atomic E-state index is 13.5. The SMILES string of the molecule is CCOC(=O)C1=C(C)N=c2s/c(=C\c3ccc(O)cc3)c(=O)n2C1c1ccc(OC(C)C)cc1. The second-order valence-corrected chi connectivity index (χ2v) is 9.14. The quantitative estimate of drug-likeness (QED) is 0.549. The molecule has 0 fully saturated rings. The fraction of sp³-hybridized carbons (Fsp3) is 0.269. The van der Waals surface area contributed by atoms with Crippen LogP contribution in [0, 0.1) is 0 Å². The number of rotatable bonds is 6. The van der Waals surface area contributed by atoms with Gasteiger partial charge in [-0.15, -0.1) is 0 Å². The molecule has 1 unspecified atom stereocenters. The van der Waals surface area contributed by atoms with Gasteiger partial charge in [0.1, 0.15) is 11.5 Å². The highest BCUT2D eigenvalue weighted by molar-refractivity contribution is 7.07. The average Bonchev–Trinajstić information content (AvgIpc) is 3.09. The zero-order chi connectivity index (χ0) is 24.4. The van der Waals surface area contributed by atoms with Crippen LogP contribution in [0.3, 0.4) is 0 Å². The monoisotopic (exact) mass is 478 g/mol. The summed E-state index contributed by atoms with van der Waals surface area (Å²) >= 11 is 1.26. The summed E-state index contributed by atoms with van der Waals surface area (Å²) in [7, 11) is 0. The van der Waals surface area contributed by atoms with Crippen LogP contribution in [0.1, 0.15) is 44.9 Å². The molecule has 2 aromatic carbocycles. The summed E-state index contributed by atoms with van der Waals surface area (Å²) < 4.78 is 13.1. The van der Waals surface area contributed by atoms with E-state index < -0.39 is 12.0 Å². The number of ether oxygens (including phenoxy) is 2. The first-order valence-corrected chi connectivity index (χ1v) is 11.9. The molecule has 1 aromatic heterocycles. The Balaban J connectivity index is 1.89. The minimum Gasteiger partial charge on any atom is -0.508 e. The van der Waals surface area contributed by atoms with Gasteiger partial charge in [0.05, 0.1) is 34.6 Å². The van der Waals surface area contributed by atoms with Gasteiger partial charge >= 0.3 is 5.97 Å². The van der Waals surface area contributed by atoms with Crippen LogP contribution in [0.15, 0.2) is 69.6 Å². The molecule has 34 heavy (non-hydrogen) atoms. The lowest BCUT2D eigenvalue weighted by molar-refractivity contribution is -0.139. The second-order valence-electron chi connectivity index (χ2n) is 8.13. The molecule has 8 heteroatoms. The number of aromatic hydroxyl groups is 1. The number of carbonyl (C=O) groups excluding carboxylic acids is 1. The Kier molecular flexibility index (Phi) is 6.70. The van der Waals surface area contributed by atoms with Crippen LogP contribution >= 0.6 is 11.3 Å². The van der Waals surface area contributed by atoms with E-state index in [4.69, 9.17) is 9.47 Å². The van der Waals surface area contributed by atoms with Crippen molar-refractivity contribution in [1.29, 1.82) is 0 Å². The summed E-state index contributed by atoms with van der Waals surface area (Å²) in [5.41, 5.74) is 2.13. The Morgan fingerprint density at radius 3 is 2.47 bits per heavy atom. The van der Waals surface area contributed by atoms with Crippen LogP contribution in [0.2, 0.25) is 0 Å². The third-order valence-electron chi connectivity index (χ3n) is 5.28. The van der Waals surface area contributed by atoms with Gasteiger partial charge in [-0.1, -0.05) is 35.6 Å². The molecule has 0 aliphatic carbocycles. The van der Waals surface area contributed by atoms with Gasteiger partial charge in [0.25, 0.3) is 5.56 Å². The summed E-state index contributed by atoms with van der Waals surface area (Å²) in [5, 5.41) is 9.54. The van der Waals surface area contributed by atoms with Crippen LogP contribution in [-0.2, 0) is 9.53 Å². The van der Waals surface area contributed by atoms with E-state index in [9.17, 15) is 14.7 Å². The molecule has 0 spiro atoms. The van der Waals surface area contributed by atoms with Crippen LogP contribution < -0.4 is 19.6 Å². The predicted octanol–water partition coefficient (Wildman–Crippen LogP) is 3.29. The van der Waals surface area contributed by atoms with Crippen molar-refractivity contribution in [2.75, 3.05) is 6.61 Å². The van der Waals surface area contributed by atoms with Gasteiger partial charge in [-0.2, -0.15) is 0 Å². The minimum atomic E-state index is -0.676. The van der Waals surface area contributed by atoms with Crippen molar-refractivity contribution in [2.24, 2.45) is 4.99 Å². The predicted molar refractivity (Wildman–Crippen MR) is 131 cm³/mol. The van der Waals surface area contributed by atoms with Gasteiger partial charge in [-0.05, 0) is 69.2 Å². The third-order valence-corrected chi connectivity index (χ3v) is 6.26. The van der Waals surface area contributed by atoms with Crippen LogP contribution in [0.25, 0.3) is 6.08 Å². The van der Waals surface area contributed by atoms with Crippen molar-refractivity contribution < 1.29 is 19.4 Å². The molecule has 1 aliphatic heterocycles. The van der Waals surface area contributed by atoms with Crippen molar-refractivity contribution in [3.63, 3.8) is 0 Å². The Hall–Kier alpha value is -3.65. The molecular weight excluding hydrogens is 452 g/mol.